The van der Waals surface area contributed by atoms with Crippen LogP contribution in [-0.4, -0.2) is 39.7 Å². The predicted octanol–water partition coefficient (Wildman–Crippen LogP) is 6.51. The van der Waals surface area contributed by atoms with E-state index in [2.05, 4.69) is 102 Å². The molecule has 7 heteroatoms. The van der Waals surface area contributed by atoms with Crippen LogP contribution in [0.15, 0.2) is 121 Å². The van der Waals surface area contributed by atoms with Crippen LogP contribution >= 0.6 is 0 Å². The van der Waals surface area contributed by atoms with Crippen LogP contribution in [0, 0.1) is 0 Å². The summed E-state index contributed by atoms with van der Waals surface area (Å²) in [5.74, 6) is -1.21. The number of carboxylic acid groups (broad SMARTS) is 2. The van der Waals surface area contributed by atoms with Crippen molar-refractivity contribution in [3.05, 3.63) is 144 Å². The predicted molar refractivity (Wildman–Crippen MR) is 165 cm³/mol. The molecule has 3 N–H and O–H groups in total. The summed E-state index contributed by atoms with van der Waals surface area (Å²) in [6.07, 6.45) is 6.15. The summed E-state index contributed by atoms with van der Waals surface area (Å²) in [7, 11) is 0. The Bertz CT molecular complexity index is 1310. The first-order chi connectivity index (χ1) is 20.4. The number of nitrogens with one attached hydrogen (secondary N) is 1. The molecule has 1 atom stereocenters. The lowest BCUT2D eigenvalue weighted by atomic mass is 9.88. The Kier molecular flexibility index (Phi) is 13.5. The average molecular weight is 567 g/mol. The average Bonchev–Trinajstić information content (AvgIpc) is 3.02. The lowest BCUT2D eigenvalue weighted by Crippen LogP contribution is -2.28. The number of pyridine rings is 1. The third kappa shape index (κ3) is 12.2. The molecule has 0 aliphatic rings. The van der Waals surface area contributed by atoms with Gasteiger partial charge < -0.3 is 20.3 Å². The molecular formula is C35H38N2O5. The summed E-state index contributed by atoms with van der Waals surface area (Å²) in [5.41, 5.74) is 5.04. The second kappa shape index (κ2) is 17.8. The Labute approximate surface area is 247 Å². The number of benzene rings is 3. The highest BCUT2D eigenvalue weighted by Crippen LogP contribution is 2.27. The van der Waals surface area contributed by atoms with Crippen molar-refractivity contribution < 1.29 is 24.5 Å². The number of carboxylic acids is 2. The quantitative estimate of drug-likeness (QED) is 0.149. The van der Waals surface area contributed by atoms with Crippen LogP contribution in [0.5, 0.6) is 5.75 Å². The number of aromatic nitrogens is 1. The number of aryl methyl sites for hydroxylation is 1. The molecule has 4 aromatic rings. The van der Waals surface area contributed by atoms with Crippen LogP contribution in [-0.2, 0) is 22.6 Å². The van der Waals surface area contributed by atoms with Gasteiger partial charge in [0.25, 0.3) is 0 Å². The molecule has 0 bridgehead atoms. The maximum atomic E-state index is 9.55. The van der Waals surface area contributed by atoms with Gasteiger partial charge in [0.2, 0.25) is 0 Å². The van der Waals surface area contributed by atoms with Crippen molar-refractivity contribution in [2.45, 2.75) is 44.8 Å². The molecular weight excluding hydrogens is 528 g/mol. The van der Waals surface area contributed by atoms with E-state index < -0.39 is 11.9 Å². The van der Waals surface area contributed by atoms with Crippen molar-refractivity contribution in [2.24, 2.45) is 0 Å². The Morgan fingerprint density at radius 1 is 0.786 bits per heavy atom. The van der Waals surface area contributed by atoms with Gasteiger partial charge in [0.05, 0.1) is 5.69 Å². The highest BCUT2D eigenvalue weighted by atomic mass is 16.5. The molecule has 1 unspecified atom stereocenters. The van der Waals surface area contributed by atoms with E-state index in [9.17, 15) is 9.59 Å². The Morgan fingerprint density at radius 3 is 1.88 bits per heavy atom. The largest absolute Gasteiger partial charge is 0.487 e. The fourth-order valence-corrected chi connectivity index (χ4v) is 4.39. The minimum Gasteiger partial charge on any atom is -0.487 e. The molecule has 0 saturated heterocycles. The number of rotatable bonds is 14. The number of hydrogen-bond donors (Lipinski definition) is 3. The first-order valence-corrected chi connectivity index (χ1v) is 14.0. The molecule has 1 aromatic heterocycles. The summed E-state index contributed by atoms with van der Waals surface area (Å²) < 4.78 is 5.85. The van der Waals surface area contributed by atoms with Gasteiger partial charge >= 0.3 is 11.9 Å². The van der Waals surface area contributed by atoms with E-state index in [0.717, 1.165) is 37.3 Å². The van der Waals surface area contributed by atoms with Crippen LogP contribution in [0.4, 0.5) is 0 Å². The Morgan fingerprint density at radius 2 is 1.36 bits per heavy atom. The van der Waals surface area contributed by atoms with Crippen molar-refractivity contribution >= 4 is 11.9 Å². The van der Waals surface area contributed by atoms with Crippen LogP contribution < -0.4 is 10.1 Å². The molecule has 7 nitrogen and oxygen atoms in total. The van der Waals surface area contributed by atoms with E-state index in [1.165, 1.54) is 16.7 Å². The molecule has 0 aliphatic carbocycles. The van der Waals surface area contributed by atoms with Gasteiger partial charge in [0.15, 0.2) is 0 Å². The van der Waals surface area contributed by atoms with Gasteiger partial charge in [-0.15, -0.1) is 0 Å². The van der Waals surface area contributed by atoms with E-state index in [-0.39, 0.29) is 0 Å². The normalized spacial score (nSPS) is 11.5. The molecule has 0 fully saturated rings. The second-order valence-corrected chi connectivity index (χ2v) is 9.82. The van der Waals surface area contributed by atoms with Crippen LogP contribution in [0.25, 0.3) is 0 Å². The van der Waals surface area contributed by atoms with E-state index in [4.69, 9.17) is 14.9 Å². The summed E-state index contributed by atoms with van der Waals surface area (Å²) in [6.45, 7) is 3.77. The van der Waals surface area contributed by atoms with E-state index in [1.54, 1.807) is 6.20 Å². The standard InChI is InChI=1S/C31H34N2O.C4H4O4/c1-25(15-16-26-17-19-30(20-18-26)34-24-29-14-8-9-22-33-29)32-23-21-31(27-10-4-2-5-11-27)28-12-6-3-7-13-28;5-3(6)1-2-4(7)8/h2-14,17-20,22,25,31-32H,15-16,21,23-24H2,1H3;1-2H,(H,5,6)(H,7,8)/b;2-1-. The SMILES string of the molecule is CC(CCc1ccc(OCc2ccccn2)cc1)NCCC(c1ccccc1)c1ccccc1.O=C(O)/C=C\C(=O)O. The third-order valence-corrected chi connectivity index (χ3v) is 6.60. The highest BCUT2D eigenvalue weighted by Gasteiger charge is 2.14. The fraction of sp³-hybridized carbons (Fsp3) is 0.229. The number of nitrogens with zero attached hydrogens (tertiary/aromatic N) is 1. The van der Waals surface area contributed by atoms with E-state index in [0.29, 0.717) is 30.7 Å². The van der Waals surface area contributed by atoms with Gasteiger partial charge in [0.1, 0.15) is 12.4 Å². The summed E-state index contributed by atoms with van der Waals surface area (Å²) in [5, 5.41) is 19.4. The minimum absolute atomic E-state index is 0.417. The molecule has 0 amide bonds. The van der Waals surface area contributed by atoms with E-state index >= 15 is 0 Å². The minimum atomic E-state index is -1.26. The molecule has 0 radical (unpaired) electrons. The maximum absolute atomic E-state index is 9.55. The van der Waals surface area contributed by atoms with Crippen molar-refractivity contribution in [3.63, 3.8) is 0 Å². The summed E-state index contributed by atoms with van der Waals surface area (Å²) >= 11 is 0. The molecule has 42 heavy (non-hydrogen) atoms. The van der Waals surface area contributed by atoms with Gasteiger partial charge in [-0.05, 0) is 73.7 Å². The topological polar surface area (TPSA) is 109 Å². The zero-order valence-corrected chi connectivity index (χ0v) is 23.8. The van der Waals surface area contributed by atoms with Gasteiger partial charge in [-0.25, -0.2) is 9.59 Å². The fourth-order valence-electron chi connectivity index (χ4n) is 4.39. The molecule has 0 aliphatic heterocycles. The van der Waals surface area contributed by atoms with Crippen LogP contribution in [0.1, 0.15) is 48.1 Å². The molecule has 4 rings (SSSR count). The number of carbonyl (C=O) groups is 2. The number of hydrogen-bond acceptors (Lipinski definition) is 5. The van der Waals surface area contributed by atoms with Gasteiger partial charge in [-0.3, -0.25) is 4.98 Å². The van der Waals surface area contributed by atoms with Crippen molar-refractivity contribution in [1.82, 2.24) is 10.3 Å². The van der Waals surface area contributed by atoms with Gasteiger partial charge in [0, 0.05) is 30.3 Å². The molecule has 3 aromatic carbocycles. The second-order valence-electron chi connectivity index (χ2n) is 9.82. The summed E-state index contributed by atoms with van der Waals surface area (Å²) in [6, 6.07) is 36.5. The van der Waals surface area contributed by atoms with Crippen LogP contribution in [0.2, 0.25) is 0 Å². The number of aliphatic carboxylic acids is 2. The lowest BCUT2D eigenvalue weighted by molar-refractivity contribution is -0.134. The molecule has 218 valence electrons. The zero-order valence-electron chi connectivity index (χ0n) is 23.8. The van der Waals surface area contributed by atoms with Gasteiger partial charge in [-0.2, -0.15) is 0 Å². The first-order valence-electron chi connectivity index (χ1n) is 14.0. The molecule has 0 spiro atoms. The van der Waals surface area contributed by atoms with Crippen LogP contribution in [0.3, 0.4) is 0 Å². The summed E-state index contributed by atoms with van der Waals surface area (Å²) in [4.78, 5) is 23.4. The Hall–Kier alpha value is -4.75. The van der Waals surface area contributed by atoms with Crippen molar-refractivity contribution in [1.29, 1.82) is 0 Å². The first kappa shape index (κ1) is 31.8. The molecule has 0 saturated carbocycles. The van der Waals surface area contributed by atoms with Crippen molar-refractivity contribution in [3.8, 4) is 5.75 Å². The third-order valence-electron chi connectivity index (χ3n) is 6.60. The van der Waals surface area contributed by atoms with Crippen molar-refractivity contribution in [2.75, 3.05) is 6.54 Å². The lowest BCUT2D eigenvalue weighted by Gasteiger charge is -2.20. The maximum Gasteiger partial charge on any atom is 0.328 e. The highest BCUT2D eigenvalue weighted by molar-refractivity contribution is 5.89. The monoisotopic (exact) mass is 566 g/mol. The number of ether oxygens (including phenoxy) is 1. The molecule has 1 heterocycles. The smallest absolute Gasteiger partial charge is 0.328 e. The Balaban J connectivity index is 0.000000531. The van der Waals surface area contributed by atoms with E-state index in [1.807, 2.05) is 18.2 Å². The van der Waals surface area contributed by atoms with Gasteiger partial charge in [-0.1, -0.05) is 78.9 Å². The zero-order chi connectivity index (χ0) is 30.0.